The number of hydrogen-bond donors (Lipinski definition) is 1. The van der Waals surface area contributed by atoms with Crippen molar-refractivity contribution < 1.29 is 8.42 Å². The standard InChI is InChI=1S/C11H19N3O2S/c1-3-14-9-12-6-10(14)7-13-11(2)4-5-17(15,16)8-11/h6,9,13H,3-5,7-8H2,1-2H3. The molecule has 1 atom stereocenters. The van der Waals surface area contributed by atoms with Crippen LogP contribution < -0.4 is 5.32 Å². The van der Waals surface area contributed by atoms with Crippen molar-refractivity contribution in [2.75, 3.05) is 11.5 Å². The van der Waals surface area contributed by atoms with E-state index in [2.05, 4.69) is 21.8 Å². The minimum absolute atomic E-state index is 0.236. The van der Waals surface area contributed by atoms with E-state index in [1.165, 1.54) is 0 Å². The first-order valence-electron chi connectivity index (χ1n) is 5.89. The molecule has 0 aliphatic carbocycles. The second-order valence-electron chi connectivity index (χ2n) is 4.93. The van der Waals surface area contributed by atoms with Crippen molar-refractivity contribution in [1.82, 2.24) is 14.9 Å². The maximum Gasteiger partial charge on any atom is 0.152 e. The summed E-state index contributed by atoms with van der Waals surface area (Å²) in [5, 5.41) is 3.35. The Bertz CT molecular complexity index is 495. The van der Waals surface area contributed by atoms with Crippen LogP contribution in [0.15, 0.2) is 12.5 Å². The number of nitrogens with zero attached hydrogens (tertiary/aromatic N) is 2. The van der Waals surface area contributed by atoms with E-state index in [-0.39, 0.29) is 11.3 Å². The summed E-state index contributed by atoms with van der Waals surface area (Å²) in [4.78, 5) is 4.09. The summed E-state index contributed by atoms with van der Waals surface area (Å²) in [7, 11) is -2.85. The summed E-state index contributed by atoms with van der Waals surface area (Å²) in [5.74, 6) is 0.532. The molecule has 96 valence electrons. The van der Waals surface area contributed by atoms with E-state index >= 15 is 0 Å². The zero-order chi connectivity index (χ0) is 12.5. The minimum atomic E-state index is -2.85. The molecule has 0 spiro atoms. The van der Waals surface area contributed by atoms with Crippen molar-refractivity contribution in [3.63, 3.8) is 0 Å². The van der Waals surface area contributed by atoms with Crippen molar-refractivity contribution in [1.29, 1.82) is 0 Å². The van der Waals surface area contributed by atoms with Gasteiger partial charge in [0, 0.05) is 24.8 Å². The third kappa shape index (κ3) is 2.87. The van der Waals surface area contributed by atoms with Gasteiger partial charge in [0.1, 0.15) is 0 Å². The number of imidazole rings is 1. The van der Waals surface area contributed by atoms with Crippen LogP contribution in [0.1, 0.15) is 26.0 Å². The first-order chi connectivity index (χ1) is 7.94. The summed E-state index contributed by atoms with van der Waals surface area (Å²) in [6.07, 6.45) is 4.31. The molecule has 5 nitrogen and oxygen atoms in total. The van der Waals surface area contributed by atoms with Crippen molar-refractivity contribution in [2.24, 2.45) is 0 Å². The van der Waals surface area contributed by atoms with E-state index in [0.29, 0.717) is 18.7 Å². The second kappa shape index (κ2) is 4.42. The van der Waals surface area contributed by atoms with E-state index in [4.69, 9.17) is 0 Å². The van der Waals surface area contributed by atoms with Gasteiger partial charge in [0.15, 0.2) is 9.84 Å². The van der Waals surface area contributed by atoms with Crippen molar-refractivity contribution >= 4 is 9.84 Å². The van der Waals surface area contributed by atoms with Gasteiger partial charge in [0.2, 0.25) is 0 Å². The fraction of sp³-hybridized carbons (Fsp3) is 0.727. The Hall–Kier alpha value is -0.880. The number of aromatic nitrogens is 2. The molecule has 2 rings (SSSR count). The van der Waals surface area contributed by atoms with Gasteiger partial charge in [-0.05, 0) is 20.3 Å². The summed E-state index contributed by atoms with van der Waals surface area (Å²) in [5.41, 5.74) is 0.805. The van der Waals surface area contributed by atoms with E-state index in [1.807, 2.05) is 13.1 Å². The van der Waals surface area contributed by atoms with Gasteiger partial charge < -0.3 is 9.88 Å². The molecule has 1 N–H and O–H groups in total. The topological polar surface area (TPSA) is 64.0 Å². The largest absolute Gasteiger partial charge is 0.334 e. The Balaban J connectivity index is 1.99. The maximum atomic E-state index is 11.5. The van der Waals surface area contributed by atoms with Crippen molar-refractivity contribution in [3.05, 3.63) is 18.2 Å². The highest BCUT2D eigenvalue weighted by Gasteiger charge is 2.37. The monoisotopic (exact) mass is 257 g/mol. The average Bonchev–Trinajstić information content (AvgIpc) is 2.80. The average molecular weight is 257 g/mol. The SMILES string of the molecule is CCn1cncc1CNC1(C)CCS(=O)(=O)C1. The number of nitrogens with one attached hydrogen (secondary N) is 1. The van der Waals surface area contributed by atoms with Crippen molar-refractivity contribution in [3.8, 4) is 0 Å². The second-order valence-corrected chi connectivity index (χ2v) is 7.11. The number of sulfone groups is 1. The first-order valence-corrected chi connectivity index (χ1v) is 7.71. The lowest BCUT2D eigenvalue weighted by atomic mass is 10.0. The van der Waals surface area contributed by atoms with Gasteiger partial charge in [-0.1, -0.05) is 0 Å². The highest BCUT2D eigenvalue weighted by molar-refractivity contribution is 7.91. The number of rotatable bonds is 4. The predicted octanol–water partition coefficient (Wildman–Crippen LogP) is 0.570. The molecule has 1 saturated heterocycles. The molecular weight excluding hydrogens is 238 g/mol. The molecule has 0 radical (unpaired) electrons. The quantitative estimate of drug-likeness (QED) is 0.856. The maximum absolute atomic E-state index is 11.5. The zero-order valence-electron chi connectivity index (χ0n) is 10.3. The van der Waals surface area contributed by atoms with Crippen LogP contribution in [-0.4, -0.2) is 35.0 Å². The summed E-state index contributed by atoms with van der Waals surface area (Å²) in [6, 6.07) is 0. The van der Waals surface area contributed by atoms with Gasteiger partial charge in [-0.2, -0.15) is 0 Å². The predicted molar refractivity (Wildman–Crippen MR) is 66.4 cm³/mol. The molecule has 1 aliphatic heterocycles. The van der Waals surface area contributed by atoms with E-state index in [0.717, 1.165) is 12.2 Å². The van der Waals surface area contributed by atoms with Gasteiger partial charge in [-0.25, -0.2) is 13.4 Å². The highest BCUT2D eigenvalue weighted by atomic mass is 32.2. The first kappa shape index (κ1) is 12.6. The smallest absolute Gasteiger partial charge is 0.152 e. The zero-order valence-corrected chi connectivity index (χ0v) is 11.1. The highest BCUT2D eigenvalue weighted by Crippen LogP contribution is 2.23. The van der Waals surface area contributed by atoms with Crippen LogP contribution in [0.25, 0.3) is 0 Å². The number of hydrogen-bond acceptors (Lipinski definition) is 4. The van der Waals surface area contributed by atoms with E-state index < -0.39 is 9.84 Å². The molecule has 1 fully saturated rings. The van der Waals surface area contributed by atoms with Crippen LogP contribution in [0.4, 0.5) is 0 Å². The minimum Gasteiger partial charge on any atom is -0.334 e. The van der Waals surface area contributed by atoms with Crippen LogP contribution >= 0.6 is 0 Å². The molecule has 0 aromatic carbocycles. The molecule has 17 heavy (non-hydrogen) atoms. The molecule has 1 unspecified atom stereocenters. The third-order valence-corrected chi connectivity index (χ3v) is 5.24. The van der Waals surface area contributed by atoms with Gasteiger partial charge in [-0.3, -0.25) is 0 Å². The molecule has 6 heteroatoms. The van der Waals surface area contributed by atoms with Gasteiger partial charge in [-0.15, -0.1) is 0 Å². The fourth-order valence-electron chi connectivity index (χ4n) is 2.23. The van der Waals surface area contributed by atoms with Crippen LogP contribution in [0.2, 0.25) is 0 Å². The molecule has 0 bridgehead atoms. The fourth-order valence-corrected chi connectivity index (χ4v) is 4.36. The van der Waals surface area contributed by atoms with Gasteiger partial charge in [0.05, 0.1) is 23.5 Å². The Morgan fingerprint density at radius 3 is 2.94 bits per heavy atom. The Morgan fingerprint density at radius 2 is 2.35 bits per heavy atom. The number of aryl methyl sites for hydroxylation is 1. The molecule has 1 aromatic rings. The van der Waals surface area contributed by atoms with Gasteiger partial charge >= 0.3 is 0 Å². The summed E-state index contributed by atoms with van der Waals surface area (Å²) >= 11 is 0. The normalized spacial score (nSPS) is 27.4. The van der Waals surface area contributed by atoms with Crippen LogP contribution in [0.5, 0.6) is 0 Å². The van der Waals surface area contributed by atoms with Crippen molar-refractivity contribution in [2.45, 2.75) is 38.9 Å². The van der Waals surface area contributed by atoms with Crippen LogP contribution in [-0.2, 0) is 22.9 Å². The van der Waals surface area contributed by atoms with E-state index in [1.54, 1.807) is 6.33 Å². The Labute approximate surface area is 102 Å². The van der Waals surface area contributed by atoms with Crippen LogP contribution in [0, 0.1) is 0 Å². The molecule has 2 heterocycles. The van der Waals surface area contributed by atoms with E-state index in [9.17, 15) is 8.42 Å². The lowest BCUT2D eigenvalue weighted by molar-refractivity contribution is 0.389. The molecule has 0 saturated carbocycles. The molecule has 0 amide bonds. The third-order valence-electron chi connectivity index (χ3n) is 3.34. The molecular formula is C11H19N3O2S. The lowest BCUT2D eigenvalue weighted by Gasteiger charge is -2.24. The lowest BCUT2D eigenvalue weighted by Crippen LogP contribution is -2.43. The molecule has 1 aromatic heterocycles. The Kier molecular flexibility index (Phi) is 3.27. The Morgan fingerprint density at radius 1 is 1.59 bits per heavy atom. The summed E-state index contributed by atoms with van der Waals surface area (Å²) in [6.45, 7) is 5.59. The summed E-state index contributed by atoms with van der Waals surface area (Å²) < 4.78 is 25.0. The van der Waals surface area contributed by atoms with Gasteiger partial charge in [0.25, 0.3) is 0 Å². The van der Waals surface area contributed by atoms with Crippen LogP contribution in [0.3, 0.4) is 0 Å². The molecule has 1 aliphatic rings.